The van der Waals surface area contributed by atoms with Gasteiger partial charge in [0.25, 0.3) is 5.91 Å². The minimum atomic E-state index is -0.357. The van der Waals surface area contributed by atoms with Crippen LogP contribution in [0.15, 0.2) is 47.4 Å². The smallest absolute Gasteiger partial charge is 0.307 e. The van der Waals surface area contributed by atoms with Crippen LogP contribution in [0.4, 0.5) is 0 Å². The number of benzene rings is 2. The molecule has 1 heterocycles. The molecule has 2 aromatic carbocycles. The van der Waals surface area contributed by atoms with Gasteiger partial charge in [0.05, 0.1) is 24.5 Å². The average Bonchev–Trinajstić information content (AvgIpc) is 3.05. The number of thioether (sulfide) groups is 1. The van der Waals surface area contributed by atoms with Gasteiger partial charge in [0.15, 0.2) is 11.5 Å². The number of thiocarbonyl (C=S) groups is 1. The first kappa shape index (κ1) is 25.1. The summed E-state index contributed by atoms with van der Waals surface area (Å²) in [6.07, 6.45) is 1.85. The highest BCUT2D eigenvalue weighted by Gasteiger charge is 2.32. The Balaban J connectivity index is 1.73. The van der Waals surface area contributed by atoms with Crippen LogP contribution >= 0.6 is 35.6 Å². The van der Waals surface area contributed by atoms with E-state index in [1.807, 2.05) is 43.3 Å². The van der Waals surface area contributed by atoms with E-state index in [9.17, 15) is 9.59 Å². The van der Waals surface area contributed by atoms with E-state index in [2.05, 4.69) is 0 Å². The van der Waals surface area contributed by atoms with E-state index in [0.717, 1.165) is 11.1 Å². The molecule has 2 aromatic rings. The van der Waals surface area contributed by atoms with Gasteiger partial charge in [-0.05, 0) is 43.7 Å². The Kier molecular flexibility index (Phi) is 9.17. The molecule has 1 saturated heterocycles. The first-order chi connectivity index (χ1) is 15.9. The lowest BCUT2D eigenvalue weighted by molar-refractivity contribution is -0.143. The van der Waals surface area contributed by atoms with Crippen LogP contribution in [-0.4, -0.2) is 40.9 Å². The van der Waals surface area contributed by atoms with Crippen molar-refractivity contribution in [2.24, 2.45) is 0 Å². The van der Waals surface area contributed by atoms with Gasteiger partial charge in [0, 0.05) is 17.1 Å². The quantitative estimate of drug-likeness (QED) is 0.241. The molecule has 0 saturated carbocycles. The first-order valence-electron chi connectivity index (χ1n) is 10.5. The summed E-state index contributed by atoms with van der Waals surface area (Å²) in [5.74, 6) is 0.558. The van der Waals surface area contributed by atoms with Gasteiger partial charge in [-0.15, -0.1) is 0 Å². The van der Waals surface area contributed by atoms with Gasteiger partial charge >= 0.3 is 5.97 Å². The van der Waals surface area contributed by atoms with Crippen LogP contribution in [0.3, 0.4) is 0 Å². The molecule has 0 N–H and O–H groups in total. The van der Waals surface area contributed by atoms with E-state index >= 15 is 0 Å². The Hall–Kier alpha value is -2.55. The molecule has 0 unspecified atom stereocenters. The number of carbonyl (C=O) groups excluding carboxylic acids is 2. The third-order valence-electron chi connectivity index (χ3n) is 4.62. The van der Waals surface area contributed by atoms with Gasteiger partial charge in [0.1, 0.15) is 10.9 Å². The Morgan fingerprint density at radius 2 is 1.91 bits per heavy atom. The van der Waals surface area contributed by atoms with Crippen molar-refractivity contribution in [3.63, 3.8) is 0 Å². The summed E-state index contributed by atoms with van der Waals surface area (Å²) in [4.78, 5) is 26.3. The van der Waals surface area contributed by atoms with E-state index in [1.54, 1.807) is 19.1 Å². The Labute approximate surface area is 207 Å². The molecule has 0 aliphatic carbocycles. The number of hydrogen-bond acceptors (Lipinski definition) is 7. The number of amides is 1. The van der Waals surface area contributed by atoms with E-state index < -0.39 is 0 Å². The maximum absolute atomic E-state index is 12.8. The van der Waals surface area contributed by atoms with Crippen LogP contribution in [0.1, 0.15) is 31.4 Å². The van der Waals surface area contributed by atoms with Crippen molar-refractivity contribution in [3.05, 3.63) is 63.5 Å². The summed E-state index contributed by atoms with van der Waals surface area (Å²) >= 11 is 12.7. The fourth-order valence-corrected chi connectivity index (χ4v) is 4.55. The van der Waals surface area contributed by atoms with Crippen LogP contribution < -0.4 is 9.47 Å². The molecule has 1 aliphatic heterocycles. The summed E-state index contributed by atoms with van der Waals surface area (Å²) < 4.78 is 17.0. The first-order valence-corrected chi connectivity index (χ1v) is 12.1. The lowest BCUT2D eigenvalue weighted by atomic mass is 10.1. The second kappa shape index (κ2) is 12.1. The minimum absolute atomic E-state index is 0.0967. The van der Waals surface area contributed by atoms with Crippen LogP contribution in [0.25, 0.3) is 6.08 Å². The molecule has 0 aromatic heterocycles. The van der Waals surface area contributed by atoms with E-state index in [1.165, 1.54) is 16.7 Å². The molecule has 33 heavy (non-hydrogen) atoms. The molecular formula is C24H24ClNO5S2. The molecule has 0 spiro atoms. The topological polar surface area (TPSA) is 65.1 Å². The Morgan fingerprint density at radius 1 is 1.12 bits per heavy atom. The second-order valence-electron chi connectivity index (χ2n) is 6.91. The Bertz CT molecular complexity index is 1070. The molecule has 1 fully saturated rings. The molecule has 0 bridgehead atoms. The van der Waals surface area contributed by atoms with Crippen molar-refractivity contribution in [1.82, 2.24) is 4.90 Å². The lowest BCUT2D eigenvalue weighted by Crippen LogP contribution is -2.30. The monoisotopic (exact) mass is 505 g/mol. The predicted molar refractivity (Wildman–Crippen MR) is 135 cm³/mol. The molecule has 9 heteroatoms. The fraction of sp³-hybridized carbons (Fsp3) is 0.292. The van der Waals surface area contributed by atoms with Crippen LogP contribution in [-0.2, 0) is 20.9 Å². The molecule has 6 nitrogen and oxygen atoms in total. The van der Waals surface area contributed by atoms with E-state index in [4.69, 9.17) is 38.0 Å². The minimum Gasteiger partial charge on any atom is -0.490 e. The zero-order valence-electron chi connectivity index (χ0n) is 18.3. The zero-order chi connectivity index (χ0) is 23.8. The molecule has 174 valence electrons. The molecule has 0 atom stereocenters. The van der Waals surface area contributed by atoms with Crippen molar-refractivity contribution in [2.45, 2.75) is 26.9 Å². The SMILES string of the molecule is CCOC(=O)CCN1C(=O)/C(=C/c2ccc(OCc3ccccc3Cl)c(OCC)c2)SC1=S. The highest BCUT2D eigenvalue weighted by Crippen LogP contribution is 2.35. The zero-order valence-corrected chi connectivity index (χ0v) is 20.7. The number of esters is 1. The lowest BCUT2D eigenvalue weighted by Gasteiger charge is -2.14. The largest absolute Gasteiger partial charge is 0.490 e. The maximum Gasteiger partial charge on any atom is 0.307 e. The third-order valence-corrected chi connectivity index (χ3v) is 6.37. The van der Waals surface area contributed by atoms with E-state index in [-0.39, 0.29) is 24.8 Å². The Morgan fingerprint density at radius 3 is 2.64 bits per heavy atom. The summed E-state index contributed by atoms with van der Waals surface area (Å²) in [6.45, 7) is 4.89. The van der Waals surface area contributed by atoms with Crippen molar-refractivity contribution in [1.29, 1.82) is 0 Å². The normalized spacial score (nSPS) is 14.6. The van der Waals surface area contributed by atoms with Crippen molar-refractivity contribution in [3.8, 4) is 11.5 Å². The number of carbonyl (C=O) groups is 2. The second-order valence-corrected chi connectivity index (χ2v) is 8.99. The summed E-state index contributed by atoms with van der Waals surface area (Å²) in [6, 6.07) is 12.9. The van der Waals surface area contributed by atoms with Gasteiger partial charge in [-0.25, -0.2) is 0 Å². The number of hydrogen-bond donors (Lipinski definition) is 0. The molecule has 1 amide bonds. The predicted octanol–water partition coefficient (Wildman–Crippen LogP) is 5.47. The van der Waals surface area contributed by atoms with Crippen LogP contribution in [0, 0.1) is 0 Å². The van der Waals surface area contributed by atoms with Gasteiger partial charge in [-0.3, -0.25) is 14.5 Å². The van der Waals surface area contributed by atoms with Gasteiger partial charge in [0.2, 0.25) is 0 Å². The van der Waals surface area contributed by atoms with Crippen LogP contribution in [0.5, 0.6) is 11.5 Å². The van der Waals surface area contributed by atoms with Gasteiger partial charge in [-0.1, -0.05) is 59.8 Å². The number of rotatable bonds is 10. The van der Waals surface area contributed by atoms with Crippen molar-refractivity contribution < 1.29 is 23.8 Å². The van der Waals surface area contributed by atoms with Crippen molar-refractivity contribution >= 4 is 57.9 Å². The number of ether oxygens (including phenoxy) is 3. The average molecular weight is 506 g/mol. The number of halogens is 1. The summed E-state index contributed by atoms with van der Waals surface area (Å²) in [5.41, 5.74) is 1.65. The van der Waals surface area contributed by atoms with Crippen LogP contribution in [0.2, 0.25) is 5.02 Å². The third kappa shape index (κ3) is 6.72. The standard InChI is InChI=1S/C24H24ClNO5S2/c1-3-29-20-13-16(9-10-19(20)31-15-17-7-5-6-8-18(17)25)14-21-23(28)26(24(32)33-21)12-11-22(27)30-4-2/h5-10,13-14H,3-4,11-12,15H2,1-2H3/b21-14-. The fourth-order valence-electron chi connectivity index (χ4n) is 3.05. The maximum atomic E-state index is 12.8. The van der Waals surface area contributed by atoms with Gasteiger partial charge in [-0.2, -0.15) is 0 Å². The number of nitrogens with zero attached hydrogens (tertiary/aromatic N) is 1. The van der Waals surface area contributed by atoms with Crippen molar-refractivity contribution in [2.75, 3.05) is 19.8 Å². The molecule has 3 rings (SSSR count). The highest BCUT2D eigenvalue weighted by atomic mass is 35.5. The molecular weight excluding hydrogens is 482 g/mol. The molecule has 0 radical (unpaired) electrons. The molecule has 1 aliphatic rings. The highest BCUT2D eigenvalue weighted by molar-refractivity contribution is 8.26. The summed E-state index contributed by atoms with van der Waals surface area (Å²) in [7, 11) is 0. The van der Waals surface area contributed by atoms with E-state index in [0.29, 0.717) is 45.6 Å². The summed E-state index contributed by atoms with van der Waals surface area (Å²) in [5, 5.41) is 0.636. The van der Waals surface area contributed by atoms with Gasteiger partial charge < -0.3 is 14.2 Å².